The van der Waals surface area contributed by atoms with Crippen LogP contribution in [0, 0.1) is 0 Å². The molecule has 10 nitrogen and oxygen atoms in total. The standard InChI is InChI=1S/C27H32Br2N2O8S2.Na/c1-2-19(15-26-30(11-3-5-13-40(32,33)34)22-17-20(28)7-9-24(22)38-26)16-27-31(12-4-6-14-41(35,36)37)23-18-21(29)8-10-25(23)39-27;/h7-10,15,17-18,27H,2-6,11-14,16H2,1H3,(H-,32,33,34,35,36,37);/q;+1/p-1. The summed E-state index contributed by atoms with van der Waals surface area (Å²) in [5.41, 5.74) is 3.45. The predicted molar refractivity (Wildman–Crippen MR) is 160 cm³/mol. The second kappa shape index (κ2) is 15.3. The average molecular weight is 758 g/mol. The van der Waals surface area contributed by atoms with E-state index in [2.05, 4.69) is 36.8 Å². The Kier molecular flexibility index (Phi) is 13.0. The quantitative estimate of drug-likeness (QED) is 0.105. The molecule has 1 atom stereocenters. The van der Waals surface area contributed by atoms with E-state index >= 15 is 0 Å². The van der Waals surface area contributed by atoms with Crippen molar-refractivity contribution in [2.24, 2.45) is 0 Å². The van der Waals surface area contributed by atoms with Gasteiger partial charge in [0.2, 0.25) is 5.58 Å². The third kappa shape index (κ3) is 10.0. The molecular weight excluding hydrogens is 727 g/mol. The molecule has 0 bridgehead atoms. The first-order chi connectivity index (χ1) is 19.3. The van der Waals surface area contributed by atoms with Gasteiger partial charge in [-0.05, 0) is 56.0 Å². The number of aromatic nitrogens is 1. The van der Waals surface area contributed by atoms with Crippen LogP contribution in [0.1, 0.15) is 51.3 Å². The number of nitrogens with zero attached hydrogens (tertiary/aromatic N) is 2. The minimum absolute atomic E-state index is 0. The van der Waals surface area contributed by atoms with Gasteiger partial charge in [0.1, 0.15) is 5.75 Å². The molecule has 0 spiro atoms. The summed E-state index contributed by atoms with van der Waals surface area (Å²) in [7, 11) is -8.55. The molecule has 1 aliphatic heterocycles. The average Bonchev–Trinajstić information content (AvgIpc) is 3.39. The van der Waals surface area contributed by atoms with Gasteiger partial charge in [-0.2, -0.15) is 4.57 Å². The molecule has 2 heterocycles. The van der Waals surface area contributed by atoms with E-state index in [9.17, 15) is 25.9 Å². The van der Waals surface area contributed by atoms with Crippen molar-refractivity contribution in [2.75, 3.05) is 23.0 Å². The first-order valence-electron chi connectivity index (χ1n) is 13.2. The summed E-state index contributed by atoms with van der Waals surface area (Å²) in [5.74, 6) is 0.512. The second-order valence-electron chi connectivity index (χ2n) is 9.88. The fourth-order valence-electron chi connectivity index (χ4n) is 4.82. The first-order valence-corrected chi connectivity index (χ1v) is 18.0. The van der Waals surface area contributed by atoms with E-state index in [0.717, 1.165) is 31.5 Å². The number of oxazole rings is 1. The maximum atomic E-state index is 11.1. The van der Waals surface area contributed by atoms with Gasteiger partial charge in [0.15, 0.2) is 12.8 Å². The van der Waals surface area contributed by atoms with Crippen molar-refractivity contribution in [1.82, 2.24) is 0 Å². The fraction of sp³-hybridized carbons (Fsp3) is 0.444. The largest absolute Gasteiger partial charge is 1.00 e. The molecule has 0 amide bonds. The van der Waals surface area contributed by atoms with Gasteiger partial charge in [-0.3, -0.25) is 0 Å². The Balaban J connectivity index is 0.00000484. The van der Waals surface area contributed by atoms with Crippen molar-refractivity contribution in [2.45, 2.75) is 58.2 Å². The Labute approximate surface area is 285 Å². The van der Waals surface area contributed by atoms with Crippen molar-refractivity contribution < 1.29 is 69.2 Å². The molecule has 42 heavy (non-hydrogen) atoms. The minimum Gasteiger partial charge on any atom is -0.748 e. The first kappa shape index (κ1) is 35.5. The van der Waals surface area contributed by atoms with E-state index in [4.69, 9.17) is 9.15 Å². The maximum absolute atomic E-state index is 11.1. The Bertz CT molecular complexity index is 1640. The van der Waals surface area contributed by atoms with E-state index in [-0.39, 0.29) is 48.6 Å². The molecule has 3 aromatic rings. The second-order valence-corrected chi connectivity index (χ2v) is 14.8. The summed E-state index contributed by atoms with van der Waals surface area (Å²) in [5, 5.41) is 0. The summed E-state index contributed by atoms with van der Waals surface area (Å²) in [6.07, 6.45) is 4.38. The van der Waals surface area contributed by atoms with Crippen molar-refractivity contribution in [3.05, 3.63) is 56.8 Å². The summed E-state index contributed by atoms with van der Waals surface area (Å²) in [6, 6.07) is 11.4. The Morgan fingerprint density at radius 2 is 1.62 bits per heavy atom. The Morgan fingerprint density at radius 3 is 2.29 bits per heavy atom. The van der Waals surface area contributed by atoms with Gasteiger partial charge in [0.05, 0.1) is 32.0 Å². The number of ether oxygens (including phenoxy) is 1. The number of halogens is 2. The number of aryl methyl sites for hydroxylation is 1. The summed E-state index contributed by atoms with van der Waals surface area (Å²) in [6.45, 7) is 3.02. The molecule has 4 rings (SSSR count). The third-order valence-electron chi connectivity index (χ3n) is 6.82. The van der Waals surface area contributed by atoms with Crippen molar-refractivity contribution in [3.63, 3.8) is 0 Å². The molecule has 2 aromatic carbocycles. The number of anilines is 1. The van der Waals surface area contributed by atoms with E-state index < -0.39 is 31.7 Å². The van der Waals surface area contributed by atoms with Crippen LogP contribution >= 0.6 is 31.9 Å². The van der Waals surface area contributed by atoms with Gasteiger partial charge in [-0.25, -0.2) is 16.8 Å². The van der Waals surface area contributed by atoms with Gasteiger partial charge in [0.25, 0.3) is 5.52 Å². The number of rotatable bonds is 14. The molecule has 1 aromatic heterocycles. The van der Waals surface area contributed by atoms with Crippen LogP contribution in [0.25, 0.3) is 17.2 Å². The van der Waals surface area contributed by atoms with E-state index in [1.54, 1.807) is 0 Å². The normalized spacial score (nSPS) is 15.5. The molecule has 15 heteroatoms. The topological polar surface area (TPSA) is 144 Å². The zero-order valence-electron chi connectivity index (χ0n) is 23.4. The monoisotopic (exact) mass is 756 g/mol. The molecular formula is C27H31Br2N2NaO8S2. The van der Waals surface area contributed by atoms with Crippen LogP contribution in [-0.4, -0.2) is 50.2 Å². The van der Waals surface area contributed by atoms with Gasteiger partial charge in [-0.15, -0.1) is 0 Å². The van der Waals surface area contributed by atoms with Gasteiger partial charge >= 0.3 is 35.4 Å². The number of hydrogen-bond donors (Lipinski definition) is 0. The Morgan fingerprint density at radius 1 is 0.976 bits per heavy atom. The molecule has 0 radical (unpaired) electrons. The van der Waals surface area contributed by atoms with Gasteiger partial charge in [0, 0.05) is 45.9 Å². The van der Waals surface area contributed by atoms with Crippen LogP contribution in [0.5, 0.6) is 5.75 Å². The van der Waals surface area contributed by atoms with Crippen LogP contribution in [0.4, 0.5) is 5.69 Å². The fourth-order valence-corrected chi connectivity index (χ4v) is 6.64. The van der Waals surface area contributed by atoms with Gasteiger partial charge in [-0.1, -0.05) is 44.4 Å². The molecule has 0 saturated heterocycles. The third-order valence-corrected chi connectivity index (χ3v) is 9.39. The predicted octanol–water partition coefficient (Wildman–Crippen LogP) is 2.31. The van der Waals surface area contributed by atoms with Crippen molar-refractivity contribution in [1.29, 1.82) is 0 Å². The summed E-state index contributed by atoms with van der Waals surface area (Å²) < 4.78 is 82.7. The van der Waals surface area contributed by atoms with E-state index in [1.807, 2.05) is 54.0 Å². The zero-order chi connectivity index (χ0) is 29.8. The number of hydrogen-bond acceptors (Lipinski definition) is 9. The smallest absolute Gasteiger partial charge is 0.748 e. The molecule has 0 aliphatic carbocycles. The van der Waals surface area contributed by atoms with Crippen LogP contribution in [0.3, 0.4) is 0 Å². The SMILES string of the molecule is CCC(=Cc1oc2ccc(Br)cc2[n+]1CCCCS(=O)(=O)[O-])CC1Oc2ccc(Br)cc2N1CCCCS(=O)(=O)[O-].[Na+]. The summed E-state index contributed by atoms with van der Waals surface area (Å²) >= 11 is 7.01. The molecule has 1 aliphatic rings. The molecule has 0 saturated carbocycles. The maximum Gasteiger partial charge on any atom is 1.00 e. The van der Waals surface area contributed by atoms with Crippen LogP contribution in [-0.2, 0) is 26.8 Å². The van der Waals surface area contributed by atoms with Crippen LogP contribution in [0.2, 0.25) is 0 Å². The molecule has 1 unspecified atom stereocenters. The summed E-state index contributed by atoms with van der Waals surface area (Å²) in [4.78, 5) is 2.09. The van der Waals surface area contributed by atoms with Crippen molar-refractivity contribution >= 4 is 75.0 Å². The molecule has 0 fully saturated rings. The number of unbranched alkanes of at least 4 members (excludes halogenated alkanes) is 2. The number of fused-ring (bicyclic) bond motifs is 2. The van der Waals surface area contributed by atoms with E-state index in [0.29, 0.717) is 50.2 Å². The zero-order valence-corrected chi connectivity index (χ0v) is 30.2. The Hall–Kier alpha value is -0.970. The molecule has 224 valence electrons. The van der Waals surface area contributed by atoms with Crippen LogP contribution in [0.15, 0.2) is 55.3 Å². The number of benzene rings is 2. The van der Waals surface area contributed by atoms with Crippen LogP contribution < -0.4 is 43.8 Å². The van der Waals surface area contributed by atoms with Crippen molar-refractivity contribution in [3.8, 4) is 5.75 Å². The van der Waals surface area contributed by atoms with E-state index in [1.165, 1.54) is 0 Å². The minimum atomic E-state index is -4.28. The molecule has 0 N–H and O–H groups in total. The van der Waals surface area contributed by atoms with Gasteiger partial charge < -0.3 is 23.2 Å².